The van der Waals surface area contributed by atoms with Crippen LogP contribution in [0, 0.1) is 0 Å². The number of ether oxygens (including phenoxy) is 3. The van der Waals surface area contributed by atoms with Crippen molar-refractivity contribution in [2.24, 2.45) is 0 Å². The van der Waals surface area contributed by atoms with E-state index in [9.17, 15) is 72.6 Å². The van der Waals surface area contributed by atoms with Crippen LogP contribution in [0.15, 0.2) is 161 Å². The van der Waals surface area contributed by atoms with Gasteiger partial charge in [0, 0.05) is 17.8 Å². The number of halogens is 5. The number of hydrogen-bond acceptors (Lipinski definition) is 15. The van der Waals surface area contributed by atoms with E-state index in [-0.39, 0.29) is 67.7 Å². The van der Waals surface area contributed by atoms with E-state index in [1.165, 1.54) is 36.4 Å². The lowest BCUT2D eigenvalue weighted by Crippen LogP contribution is -2.18. The first-order chi connectivity index (χ1) is 37.6. The zero-order valence-electron chi connectivity index (χ0n) is 40.2. The lowest BCUT2D eigenvalue weighted by molar-refractivity contribution is -0.274. The number of para-hydroxylation sites is 3. The number of aliphatic carboxylic acids is 3. The highest BCUT2D eigenvalue weighted by Gasteiger charge is 2.33. The summed E-state index contributed by atoms with van der Waals surface area (Å²) in [6, 6.07) is 33.0. The SMILES string of the molecule is O=C(O)CC(c1ccc(Cl)c(Cl)c1)c1c(O)c2ccccc2oc1=O.O=C(O)CC(c1ccc(OC(F)(F)F)cc1)c1c(O)c2ccccc2oc1=O.O=C(O)CC(c1ccc2c(c1)OCO2)c1c(O)c2ccccc2oc1=O. The average Bonchev–Trinajstić information content (AvgIpc) is 3.90. The molecule has 1 aliphatic heterocycles. The molecule has 1 aliphatic rings. The van der Waals surface area contributed by atoms with Gasteiger partial charge in [0.05, 0.1) is 62.2 Å². The minimum Gasteiger partial charge on any atom is -0.507 e. The van der Waals surface area contributed by atoms with Crippen molar-refractivity contribution in [3.05, 3.63) is 208 Å². The van der Waals surface area contributed by atoms with Gasteiger partial charge in [-0.25, -0.2) is 14.4 Å². The van der Waals surface area contributed by atoms with Crippen LogP contribution < -0.4 is 31.1 Å². The van der Waals surface area contributed by atoms with Gasteiger partial charge in [-0.15, -0.1) is 13.2 Å². The van der Waals surface area contributed by atoms with E-state index >= 15 is 0 Å². The maximum absolute atomic E-state index is 12.5. The van der Waals surface area contributed by atoms with Crippen LogP contribution in [0.2, 0.25) is 10.0 Å². The first-order valence-corrected chi connectivity index (χ1v) is 23.9. The molecule has 0 saturated carbocycles. The number of alkyl halides is 3. The fourth-order valence-corrected chi connectivity index (χ4v) is 9.12. The van der Waals surface area contributed by atoms with Gasteiger partial charge in [-0.3, -0.25) is 14.4 Å². The molecule has 0 radical (unpaired) electrons. The van der Waals surface area contributed by atoms with Crippen LogP contribution in [-0.4, -0.2) is 61.7 Å². The molecule has 9 aromatic rings. The normalized spacial score (nSPS) is 12.9. The van der Waals surface area contributed by atoms with Gasteiger partial charge in [0.2, 0.25) is 6.79 Å². The molecule has 0 bridgehead atoms. The van der Waals surface area contributed by atoms with Gasteiger partial charge in [0.1, 0.15) is 39.7 Å². The highest BCUT2D eigenvalue weighted by atomic mass is 35.5. The number of fused-ring (bicyclic) bond motifs is 4. The summed E-state index contributed by atoms with van der Waals surface area (Å²) in [5.74, 6) is -7.01. The van der Waals surface area contributed by atoms with Crippen molar-refractivity contribution in [3.8, 4) is 34.5 Å². The molecule has 79 heavy (non-hydrogen) atoms. The predicted molar refractivity (Wildman–Crippen MR) is 277 cm³/mol. The van der Waals surface area contributed by atoms with Crippen molar-refractivity contribution in [3.63, 3.8) is 0 Å². The Kier molecular flexibility index (Phi) is 16.5. The highest BCUT2D eigenvalue weighted by Crippen LogP contribution is 2.42. The third-order valence-electron chi connectivity index (χ3n) is 12.3. The monoisotopic (exact) mass is 1130 g/mol. The van der Waals surface area contributed by atoms with E-state index in [1.54, 1.807) is 84.9 Å². The van der Waals surface area contributed by atoms with E-state index in [2.05, 4.69) is 4.74 Å². The van der Waals surface area contributed by atoms with Crippen molar-refractivity contribution < 1.29 is 85.7 Å². The molecule has 3 unspecified atom stereocenters. The van der Waals surface area contributed by atoms with E-state index in [4.69, 9.17) is 45.9 Å². The van der Waals surface area contributed by atoms with E-state index < -0.39 is 89.7 Å². The average molecular weight is 1130 g/mol. The zero-order valence-corrected chi connectivity index (χ0v) is 41.7. The fourth-order valence-electron chi connectivity index (χ4n) is 8.81. The molecular formula is C56H39Cl2F3O18. The Morgan fingerprint density at radius 1 is 0.494 bits per heavy atom. The lowest BCUT2D eigenvalue weighted by Gasteiger charge is -2.17. The summed E-state index contributed by atoms with van der Waals surface area (Å²) in [5, 5.41) is 61.0. The molecule has 3 aromatic heterocycles. The summed E-state index contributed by atoms with van der Waals surface area (Å²) in [6.45, 7) is 0.0751. The van der Waals surface area contributed by atoms with Crippen molar-refractivity contribution in [2.45, 2.75) is 43.4 Å². The summed E-state index contributed by atoms with van der Waals surface area (Å²) >= 11 is 11.9. The highest BCUT2D eigenvalue weighted by molar-refractivity contribution is 6.42. The third-order valence-corrected chi connectivity index (χ3v) is 13.0. The van der Waals surface area contributed by atoms with Crippen molar-refractivity contribution in [2.75, 3.05) is 6.79 Å². The van der Waals surface area contributed by atoms with Crippen LogP contribution in [-0.2, 0) is 14.4 Å². The molecule has 0 saturated heterocycles. The van der Waals surface area contributed by atoms with Crippen LogP contribution in [0.4, 0.5) is 13.2 Å². The van der Waals surface area contributed by atoms with Crippen LogP contribution in [0.1, 0.15) is 70.4 Å². The number of benzene rings is 6. The molecule has 4 heterocycles. The van der Waals surface area contributed by atoms with Gasteiger partial charge in [-0.05, 0) is 89.5 Å². The molecule has 0 aliphatic carbocycles. The van der Waals surface area contributed by atoms with Crippen molar-refractivity contribution in [1.82, 2.24) is 0 Å². The smallest absolute Gasteiger partial charge is 0.507 e. The lowest BCUT2D eigenvalue weighted by atomic mass is 9.88. The molecule has 0 amide bonds. The second kappa shape index (κ2) is 23.4. The molecule has 23 heteroatoms. The summed E-state index contributed by atoms with van der Waals surface area (Å²) < 4.78 is 67.0. The van der Waals surface area contributed by atoms with Gasteiger partial charge in [0.15, 0.2) is 11.5 Å². The van der Waals surface area contributed by atoms with Crippen molar-refractivity contribution >= 4 is 74.0 Å². The summed E-state index contributed by atoms with van der Waals surface area (Å²) in [4.78, 5) is 71.4. The Morgan fingerprint density at radius 3 is 1.27 bits per heavy atom. The third kappa shape index (κ3) is 12.7. The quantitative estimate of drug-likeness (QED) is 0.0585. The Hall–Kier alpha value is -9.47. The number of rotatable bonds is 13. The Morgan fingerprint density at radius 2 is 0.861 bits per heavy atom. The van der Waals surface area contributed by atoms with E-state index in [0.29, 0.717) is 38.4 Å². The molecule has 6 aromatic carbocycles. The second-order valence-electron chi connectivity index (χ2n) is 17.3. The van der Waals surface area contributed by atoms with Gasteiger partial charge in [-0.1, -0.05) is 83.9 Å². The summed E-state index contributed by atoms with van der Waals surface area (Å²) in [7, 11) is 0. The standard InChI is InChI=1S/C19H13F3O6.C19H14O7.C18H12Cl2O5/c20-19(21,22)28-11-7-5-10(6-8-11)13(9-15(23)24)16-17(25)12-3-1-2-4-14(12)27-18(16)26;20-16(21)8-12(10-5-6-14-15(7-10)25-9-24-14)17-18(22)11-3-1-2-4-13(11)26-19(17)23;19-12-6-5-9(7-13(12)20)11(8-15(21)22)16-17(23)10-3-1-2-4-14(10)25-18(16)24/h1-8,13,25H,9H2,(H,23,24);1-7,12,22H,8-9H2,(H,20,21);1-7,11,23H,8H2,(H,21,22). The Labute approximate surface area is 450 Å². The number of carboxylic acids is 3. The Bertz CT molecular complexity index is 3990. The largest absolute Gasteiger partial charge is 0.573 e. The molecule has 3 atom stereocenters. The Balaban J connectivity index is 0.000000156. The number of carboxylic acid groups (broad SMARTS) is 3. The van der Waals surface area contributed by atoms with Gasteiger partial charge in [0.25, 0.3) is 0 Å². The van der Waals surface area contributed by atoms with Crippen LogP contribution in [0.5, 0.6) is 34.5 Å². The second-order valence-corrected chi connectivity index (χ2v) is 18.1. The molecule has 6 N–H and O–H groups in total. The molecule has 10 rings (SSSR count). The molecule has 18 nitrogen and oxygen atoms in total. The van der Waals surface area contributed by atoms with E-state index in [0.717, 1.165) is 12.1 Å². The number of carbonyl (C=O) groups is 3. The maximum atomic E-state index is 12.5. The molecular weight excluding hydrogens is 1090 g/mol. The summed E-state index contributed by atoms with van der Waals surface area (Å²) in [6.07, 6.45) is -6.28. The topological polar surface area (TPSA) is 291 Å². The zero-order chi connectivity index (χ0) is 56.9. The van der Waals surface area contributed by atoms with E-state index in [1.807, 2.05) is 0 Å². The van der Waals surface area contributed by atoms with Crippen molar-refractivity contribution in [1.29, 1.82) is 0 Å². The predicted octanol–water partition coefficient (Wildman–Crippen LogP) is 11.2. The maximum Gasteiger partial charge on any atom is 0.573 e. The van der Waals surface area contributed by atoms with Crippen LogP contribution in [0.25, 0.3) is 32.9 Å². The van der Waals surface area contributed by atoms with Crippen LogP contribution >= 0.6 is 23.2 Å². The van der Waals surface area contributed by atoms with Gasteiger partial charge >= 0.3 is 41.1 Å². The molecule has 0 fully saturated rings. The number of aromatic hydroxyl groups is 3. The van der Waals surface area contributed by atoms with Gasteiger partial charge in [-0.2, -0.15) is 0 Å². The van der Waals surface area contributed by atoms with Gasteiger partial charge < -0.3 is 58.1 Å². The first kappa shape index (κ1) is 55.8. The molecule has 0 spiro atoms. The minimum absolute atomic E-state index is 0.0751. The molecule has 406 valence electrons. The van der Waals surface area contributed by atoms with Crippen LogP contribution in [0.3, 0.4) is 0 Å². The fraction of sp³-hybridized carbons (Fsp3) is 0.143. The first-order valence-electron chi connectivity index (χ1n) is 23.2. The summed E-state index contributed by atoms with van der Waals surface area (Å²) in [5.41, 5.74) is -1.28. The number of hydrogen-bond donors (Lipinski definition) is 6. The minimum atomic E-state index is -4.88.